The van der Waals surface area contributed by atoms with Crippen LogP contribution in [0.15, 0.2) is 53.5 Å². The van der Waals surface area contributed by atoms with Crippen LogP contribution in [0.1, 0.15) is 24.4 Å². The molecule has 0 amide bonds. The Labute approximate surface area is 184 Å². The van der Waals surface area contributed by atoms with E-state index < -0.39 is 0 Å². The van der Waals surface area contributed by atoms with E-state index in [0.29, 0.717) is 12.5 Å². The fourth-order valence-corrected chi connectivity index (χ4v) is 3.36. The molecule has 0 saturated carbocycles. The summed E-state index contributed by atoms with van der Waals surface area (Å²) in [6.45, 7) is 2.80. The molecule has 1 heterocycles. The second kappa shape index (κ2) is 11.1. The van der Waals surface area contributed by atoms with E-state index in [1.807, 2.05) is 36.4 Å². The van der Waals surface area contributed by atoms with Crippen molar-refractivity contribution in [3.05, 3.63) is 54.1 Å². The first kappa shape index (κ1) is 22.3. The number of guanidine groups is 1. The average Bonchev–Trinajstić information content (AvgIpc) is 3.24. The average molecular weight is 496 g/mol. The van der Waals surface area contributed by atoms with Gasteiger partial charge < -0.3 is 20.5 Å². The summed E-state index contributed by atoms with van der Waals surface area (Å²) in [6.07, 6.45) is 2.46. The maximum Gasteiger partial charge on any atom is 0.193 e. The van der Waals surface area contributed by atoms with Crippen LogP contribution in [-0.4, -0.2) is 44.7 Å². The van der Waals surface area contributed by atoms with Crippen LogP contribution in [0.4, 0.5) is 5.69 Å². The second-order valence-electron chi connectivity index (χ2n) is 6.61. The van der Waals surface area contributed by atoms with Crippen LogP contribution in [-0.2, 0) is 0 Å². The van der Waals surface area contributed by atoms with Gasteiger partial charge in [0.25, 0.3) is 0 Å². The molecule has 2 aromatic rings. The third kappa shape index (κ3) is 6.00. The maximum atomic E-state index is 6.12. The van der Waals surface area contributed by atoms with Crippen LogP contribution in [0.5, 0.6) is 11.5 Å². The molecule has 0 radical (unpaired) electrons. The third-order valence-corrected chi connectivity index (χ3v) is 4.88. The van der Waals surface area contributed by atoms with Crippen molar-refractivity contribution in [3.63, 3.8) is 0 Å². The summed E-state index contributed by atoms with van der Waals surface area (Å²) in [5, 5.41) is 3.14. The number of nitrogens with zero attached hydrogens (tertiary/aromatic N) is 2. The van der Waals surface area contributed by atoms with Gasteiger partial charge in [0.1, 0.15) is 11.5 Å². The number of hydrogen-bond donors (Lipinski definition) is 2. The molecule has 1 aliphatic heterocycles. The third-order valence-electron chi connectivity index (χ3n) is 4.88. The molecule has 0 aromatic heterocycles. The minimum atomic E-state index is 0. The van der Waals surface area contributed by atoms with Crippen LogP contribution >= 0.6 is 24.0 Å². The van der Waals surface area contributed by atoms with Gasteiger partial charge in [-0.1, -0.05) is 12.1 Å². The van der Waals surface area contributed by atoms with Gasteiger partial charge >= 0.3 is 0 Å². The number of benzene rings is 2. The standard InChI is InChI=1S/C21H28N4O2.HI/c1-26-18-9-5-16(6-10-18)20(25-13-3-4-14-25)15-23-21(22)24-17-7-11-19(27-2)12-8-17;/h5-12,20H,3-4,13-15H2,1-2H3,(H3,22,23,24);1H. The lowest BCUT2D eigenvalue weighted by Gasteiger charge is -2.27. The summed E-state index contributed by atoms with van der Waals surface area (Å²) in [6, 6.07) is 16.1. The van der Waals surface area contributed by atoms with E-state index >= 15 is 0 Å². The lowest BCUT2D eigenvalue weighted by molar-refractivity contribution is 0.251. The largest absolute Gasteiger partial charge is 0.497 e. The number of hydrogen-bond acceptors (Lipinski definition) is 4. The fourth-order valence-electron chi connectivity index (χ4n) is 3.36. The smallest absolute Gasteiger partial charge is 0.193 e. The van der Waals surface area contributed by atoms with Crippen molar-refractivity contribution in [3.8, 4) is 11.5 Å². The van der Waals surface area contributed by atoms with Gasteiger partial charge in [-0.15, -0.1) is 24.0 Å². The summed E-state index contributed by atoms with van der Waals surface area (Å²) in [5.74, 6) is 2.09. The van der Waals surface area contributed by atoms with Gasteiger partial charge in [0.05, 0.1) is 26.8 Å². The lowest BCUT2D eigenvalue weighted by Crippen LogP contribution is -2.30. The molecule has 0 spiro atoms. The number of aliphatic imine (C=N–C) groups is 1. The van der Waals surface area contributed by atoms with Crippen LogP contribution in [0.25, 0.3) is 0 Å². The molecule has 1 atom stereocenters. The zero-order chi connectivity index (χ0) is 19.1. The molecular formula is C21H29IN4O2. The van der Waals surface area contributed by atoms with E-state index in [2.05, 4.69) is 27.3 Å². The van der Waals surface area contributed by atoms with Crippen LogP contribution in [0.2, 0.25) is 0 Å². The molecule has 3 rings (SSSR count). The van der Waals surface area contributed by atoms with Gasteiger partial charge in [-0.2, -0.15) is 0 Å². The minimum absolute atomic E-state index is 0. The fraction of sp³-hybridized carbons (Fsp3) is 0.381. The first-order valence-electron chi connectivity index (χ1n) is 9.28. The van der Waals surface area contributed by atoms with E-state index in [4.69, 9.17) is 15.2 Å². The molecule has 2 aromatic carbocycles. The van der Waals surface area contributed by atoms with Gasteiger partial charge in [-0.3, -0.25) is 9.89 Å². The molecule has 1 unspecified atom stereocenters. The molecule has 1 saturated heterocycles. The highest BCUT2D eigenvalue weighted by molar-refractivity contribution is 14.0. The Hall–Kier alpha value is -2.00. The first-order chi connectivity index (χ1) is 13.2. The number of nitrogens with one attached hydrogen (secondary N) is 1. The highest BCUT2D eigenvalue weighted by Crippen LogP contribution is 2.27. The summed E-state index contributed by atoms with van der Waals surface area (Å²) in [7, 11) is 3.33. The molecule has 1 fully saturated rings. The molecule has 7 heteroatoms. The Bertz CT molecular complexity index is 744. The highest BCUT2D eigenvalue weighted by Gasteiger charge is 2.23. The Balaban J connectivity index is 0.00000280. The molecule has 0 bridgehead atoms. The molecule has 6 nitrogen and oxygen atoms in total. The number of nitrogens with two attached hydrogens (primary N) is 1. The molecule has 28 heavy (non-hydrogen) atoms. The van der Waals surface area contributed by atoms with Crippen molar-refractivity contribution in [2.45, 2.75) is 18.9 Å². The number of anilines is 1. The van der Waals surface area contributed by atoms with E-state index in [9.17, 15) is 0 Å². The second-order valence-corrected chi connectivity index (χ2v) is 6.61. The predicted octanol–water partition coefficient (Wildman–Crippen LogP) is 3.89. The number of halogens is 1. The van der Waals surface area contributed by atoms with Crippen molar-refractivity contribution < 1.29 is 9.47 Å². The van der Waals surface area contributed by atoms with Crippen molar-refractivity contribution in [2.75, 3.05) is 39.2 Å². The predicted molar refractivity (Wildman–Crippen MR) is 125 cm³/mol. The monoisotopic (exact) mass is 496 g/mol. The van der Waals surface area contributed by atoms with Crippen molar-refractivity contribution in [1.29, 1.82) is 0 Å². The van der Waals surface area contributed by atoms with E-state index in [0.717, 1.165) is 30.3 Å². The Morgan fingerprint density at radius 2 is 1.54 bits per heavy atom. The Morgan fingerprint density at radius 1 is 1.00 bits per heavy atom. The minimum Gasteiger partial charge on any atom is -0.497 e. The van der Waals surface area contributed by atoms with Crippen LogP contribution in [0, 0.1) is 0 Å². The SMILES string of the molecule is COc1ccc(NC(N)=NCC(c2ccc(OC)cc2)N2CCCC2)cc1.I. The topological polar surface area (TPSA) is 72.1 Å². The molecular weight excluding hydrogens is 467 g/mol. The van der Waals surface area contributed by atoms with Crippen LogP contribution < -0.4 is 20.5 Å². The molecule has 1 aliphatic rings. The van der Waals surface area contributed by atoms with Gasteiger partial charge in [-0.05, 0) is 67.9 Å². The Kier molecular flexibility index (Phi) is 8.85. The molecule has 152 valence electrons. The lowest BCUT2D eigenvalue weighted by atomic mass is 10.1. The zero-order valence-electron chi connectivity index (χ0n) is 16.4. The van der Waals surface area contributed by atoms with Gasteiger partial charge in [-0.25, -0.2) is 0 Å². The van der Waals surface area contributed by atoms with Crippen molar-refractivity contribution in [2.24, 2.45) is 10.7 Å². The number of rotatable bonds is 7. The zero-order valence-corrected chi connectivity index (χ0v) is 18.8. The van der Waals surface area contributed by atoms with Crippen molar-refractivity contribution in [1.82, 2.24) is 4.90 Å². The van der Waals surface area contributed by atoms with Crippen molar-refractivity contribution >= 4 is 35.6 Å². The number of likely N-dealkylation sites (tertiary alicyclic amines) is 1. The van der Waals surface area contributed by atoms with E-state index in [1.54, 1.807) is 14.2 Å². The first-order valence-corrected chi connectivity index (χ1v) is 9.28. The van der Waals surface area contributed by atoms with Crippen LogP contribution in [0.3, 0.4) is 0 Å². The highest BCUT2D eigenvalue weighted by atomic mass is 127. The molecule has 3 N–H and O–H groups in total. The van der Waals surface area contributed by atoms with Gasteiger partial charge in [0, 0.05) is 5.69 Å². The quantitative estimate of drug-likeness (QED) is 0.346. The summed E-state index contributed by atoms with van der Waals surface area (Å²) >= 11 is 0. The summed E-state index contributed by atoms with van der Waals surface area (Å²) in [4.78, 5) is 7.08. The summed E-state index contributed by atoms with van der Waals surface area (Å²) < 4.78 is 10.4. The Morgan fingerprint density at radius 3 is 2.07 bits per heavy atom. The normalized spacial score (nSPS) is 15.6. The maximum absolute atomic E-state index is 6.12. The number of ether oxygens (including phenoxy) is 2. The van der Waals surface area contributed by atoms with Gasteiger partial charge in [0.2, 0.25) is 0 Å². The van der Waals surface area contributed by atoms with E-state index in [1.165, 1.54) is 18.4 Å². The number of methoxy groups -OCH3 is 2. The summed E-state index contributed by atoms with van der Waals surface area (Å²) in [5.41, 5.74) is 8.24. The van der Waals surface area contributed by atoms with Gasteiger partial charge in [0.15, 0.2) is 5.96 Å². The molecule has 0 aliphatic carbocycles. The van der Waals surface area contributed by atoms with E-state index in [-0.39, 0.29) is 30.0 Å².